The van der Waals surface area contributed by atoms with Crippen molar-refractivity contribution in [3.05, 3.63) is 120 Å². The summed E-state index contributed by atoms with van der Waals surface area (Å²) in [6.07, 6.45) is 0.198. The molecule has 1 aliphatic rings. The van der Waals surface area contributed by atoms with Gasteiger partial charge in [-0.2, -0.15) is 0 Å². The third-order valence-electron chi connectivity index (χ3n) is 7.61. The van der Waals surface area contributed by atoms with Crippen molar-refractivity contribution in [2.24, 2.45) is 0 Å². The van der Waals surface area contributed by atoms with Crippen LogP contribution in [-0.4, -0.2) is 58.0 Å². The Hall–Kier alpha value is -4.90. The molecule has 2 amide bonds. The maximum absolute atomic E-state index is 14.4. The Morgan fingerprint density at radius 3 is 2.24 bits per heavy atom. The fourth-order valence-corrected chi connectivity index (χ4v) is 6.57. The van der Waals surface area contributed by atoms with Gasteiger partial charge in [-0.3, -0.25) is 13.9 Å². The molecule has 9 nitrogen and oxygen atoms in total. The Balaban J connectivity index is 1.57. The summed E-state index contributed by atoms with van der Waals surface area (Å²) in [6, 6.07) is 24.9. The molecule has 1 N–H and O–H groups in total. The van der Waals surface area contributed by atoms with Gasteiger partial charge >= 0.3 is 0 Å². The van der Waals surface area contributed by atoms with Gasteiger partial charge in [0, 0.05) is 26.1 Å². The number of benzene rings is 4. The van der Waals surface area contributed by atoms with Crippen LogP contribution in [0, 0.1) is 12.7 Å². The fourth-order valence-electron chi connectivity index (χ4n) is 5.14. The average molecular weight is 632 g/mol. The molecule has 4 aromatic carbocycles. The lowest BCUT2D eigenvalue weighted by Crippen LogP contribution is -2.53. The molecule has 1 aliphatic heterocycles. The quantitative estimate of drug-likeness (QED) is 0.262. The highest BCUT2D eigenvalue weighted by Gasteiger charge is 2.35. The molecule has 234 valence electrons. The Morgan fingerprint density at radius 1 is 0.889 bits per heavy atom. The van der Waals surface area contributed by atoms with Crippen LogP contribution in [0.25, 0.3) is 0 Å². The first kappa shape index (κ1) is 31.5. The molecular weight excluding hydrogens is 597 g/mol. The van der Waals surface area contributed by atoms with Crippen molar-refractivity contribution in [1.29, 1.82) is 0 Å². The highest BCUT2D eigenvalue weighted by molar-refractivity contribution is 7.92. The molecule has 0 saturated carbocycles. The number of aryl methyl sites for hydroxylation is 1. The van der Waals surface area contributed by atoms with E-state index >= 15 is 0 Å². The lowest BCUT2D eigenvalue weighted by atomic mass is 10.0. The highest BCUT2D eigenvalue weighted by atomic mass is 32.2. The lowest BCUT2D eigenvalue weighted by Gasteiger charge is -2.34. The molecule has 1 heterocycles. The number of carbonyl (C=O) groups is 2. The van der Waals surface area contributed by atoms with Crippen molar-refractivity contribution in [2.75, 3.05) is 31.1 Å². The molecule has 1 unspecified atom stereocenters. The monoisotopic (exact) mass is 631 g/mol. The van der Waals surface area contributed by atoms with Crippen LogP contribution in [0.5, 0.6) is 11.5 Å². The number of hydrogen-bond donors (Lipinski definition) is 1. The first-order valence-corrected chi connectivity index (χ1v) is 15.9. The maximum Gasteiger partial charge on any atom is 0.264 e. The molecule has 0 radical (unpaired) electrons. The minimum absolute atomic E-state index is 0.0533. The van der Waals surface area contributed by atoms with E-state index in [1.807, 2.05) is 61.5 Å². The second-order valence-corrected chi connectivity index (χ2v) is 12.4. The van der Waals surface area contributed by atoms with Crippen LogP contribution in [0.3, 0.4) is 0 Å². The summed E-state index contributed by atoms with van der Waals surface area (Å²) < 4.78 is 54.5. The van der Waals surface area contributed by atoms with E-state index in [9.17, 15) is 22.4 Å². The largest absolute Gasteiger partial charge is 0.486 e. The molecule has 0 saturated heterocycles. The van der Waals surface area contributed by atoms with Gasteiger partial charge in [0.1, 0.15) is 31.6 Å². The molecule has 1 atom stereocenters. The number of halogens is 1. The molecule has 0 aromatic heterocycles. The second kappa shape index (κ2) is 13.8. The third kappa shape index (κ3) is 7.26. The second-order valence-electron chi connectivity index (χ2n) is 10.6. The summed E-state index contributed by atoms with van der Waals surface area (Å²) in [6.45, 7) is 1.89. The van der Waals surface area contributed by atoms with Crippen LogP contribution in [-0.2, 0) is 32.6 Å². The molecular formula is C34H34FN3O6S. The normalized spacial score (nSPS) is 13.0. The zero-order valence-corrected chi connectivity index (χ0v) is 25.8. The van der Waals surface area contributed by atoms with E-state index < -0.39 is 40.2 Å². The lowest BCUT2D eigenvalue weighted by molar-refractivity contribution is -0.139. The zero-order chi connectivity index (χ0) is 32.0. The number of amides is 2. The van der Waals surface area contributed by atoms with E-state index in [2.05, 4.69) is 5.32 Å². The van der Waals surface area contributed by atoms with E-state index in [1.54, 1.807) is 0 Å². The van der Waals surface area contributed by atoms with Crippen molar-refractivity contribution >= 4 is 27.5 Å². The SMILES string of the molecule is CNC(=O)C(Cc1ccccc1)N(Cc1ccccc1C)C(=O)CN(c1ccc(F)cc1)S(=O)(=O)c1ccc2c(c1)OCCO2. The number of ether oxygens (including phenoxy) is 2. The van der Waals surface area contributed by atoms with Gasteiger partial charge in [0.15, 0.2) is 11.5 Å². The van der Waals surface area contributed by atoms with Gasteiger partial charge in [-0.1, -0.05) is 54.6 Å². The van der Waals surface area contributed by atoms with Crippen LogP contribution in [0.2, 0.25) is 0 Å². The van der Waals surface area contributed by atoms with Gasteiger partial charge in [-0.15, -0.1) is 0 Å². The maximum atomic E-state index is 14.4. The number of rotatable bonds is 11. The summed E-state index contributed by atoms with van der Waals surface area (Å²) in [7, 11) is -2.90. The van der Waals surface area contributed by atoms with E-state index in [-0.39, 0.29) is 35.9 Å². The van der Waals surface area contributed by atoms with Crippen molar-refractivity contribution in [3.8, 4) is 11.5 Å². The topological polar surface area (TPSA) is 105 Å². The van der Waals surface area contributed by atoms with Gasteiger partial charge in [0.25, 0.3) is 10.0 Å². The van der Waals surface area contributed by atoms with Gasteiger partial charge in [0.2, 0.25) is 11.8 Å². The predicted octanol–water partition coefficient (Wildman–Crippen LogP) is 4.49. The number of sulfonamides is 1. The molecule has 0 aliphatic carbocycles. The Labute approximate surface area is 262 Å². The van der Waals surface area contributed by atoms with Crippen LogP contribution in [0.4, 0.5) is 10.1 Å². The summed E-state index contributed by atoms with van der Waals surface area (Å²) in [5, 5.41) is 2.67. The average Bonchev–Trinajstić information content (AvgIpc) is 3.06. The molecule has 0 bridgehead atoms. The van der Waals surface area contributed by atoms with Crippen molar-refractivity contribution in [1.82, 2.24) is 10.2 Å². The van der Waals surface area contributed by atoms with Crippen LogP contribution >= 0.6 is 0 Å². The molecule has 0 spiro atoms. The molecule has 0 fully saturated rings. The first-order chi connectivity index (χ1) is 21.7. The molecule has 4 aromatic rings. The molecule has 5 rings (SSSR count). The number of hydrogen-bond acceptors (Lipinski definition) is 6. The smallest absolute Gasteiger partial charge is 0.264 e. The number of nitrogens with zero attached hydrogens (tertiary/aromatic N) is 2. The number of nitrogens with one attached hydrogen (secondary N) is 1. The standard InChI is InChI=1S/C34H34FN3O6S/c1-24-8-6-7-11-26(24)22-37(30(34(40)36-2)20-25-9-4-3-5-10-25)33(39)23-38(28-14-12-27(35)13-15-28)45(41,42)29-16-17-31-32(21-29)44-19-18-43-31/h3-17,21,30H,18-20,22-23H2,1-2H3,(H,36,40). The summed E-state index contributed by atoms with van der Waals surface area (Å²) in [4.78, 5) is 29.0. The van der Waals surface area contributed by atoms with Gasteiger partial charge < -0.3 is 19.7 Å². The number of carbonyl (C=O) groups excluding carboxylic acids is 2. The number of fused-ring (bicyclic) bond motifs is 1. The van der Waals surface area contributed by atoms with Crippen LogP contribution < -0.4 is 19.1 Å². The van der Waals surface area contributed by atoms with E-state index in [0.29, 0.717) is 12.4 Å². The number of likely N-dealkylation sites (N-methyl/N-ethyl adjacent to an activating group) is 1. The van der Waals surface area contributed by atoms with Crippen LogP contribution in [0.1, 0.15) is 16.7 Å². The predicted molar refractivity (Wildman–Crippen MR) is 168 cm³/mol. The highest BCUT2D eigenvalue weighted by Crippen LogP contribution is 2.34. The van der Waals surface area contributed by atoms with Crippen LogP contribution in [0.15, 0.2) is 102 Å². The van der Waals surface area contributed by atoms with Gasteiger partial charge in [0.05, 0.1) is 10.6 Å². The minimum atomic E-state index is -4.39. The summed E-state index contributed by atoms with van der Waals surface area (Å²) >= 11 is 0. The van der Waals surface area contributed by atoms with E-state index in [0.717, 1.165) is 33.1 Å². The minimum Gasteiger partial charge on any atom is -0.486 e. The van der Waals surface area contributed by atoms with E-state index in [4.69, 9.17) is 9.47 Å². The first-order valence-electron chi connectivity index (χ1n) is 14.4. The van der Waals surface area contributed by atoms with Crippen molar-refractivity contribution in [3.63, 3.8) is 0 Å². The third-order valence-corrected chi connectivity index (χ3v) is 9.38. The van der Waals surface area contributed by atoms with Gasteiger partial charge in [-0.05, 0) is 60.0 Å². The zero-order valence-electron chi connectivity index (χ0n) is 25.0. The molecule has 11 heteroatoms. The molecule has 45 heavy (non-hydrogen) atoms. The van der Waals surface area contributed by atoms with Crippen molar-refractivity contribution in [2.45, 2.75) is 30.8 Å². The van der Waals surface area contributed by atoms with Crippen molar-refractivity contribution < 1.29 is 31.9 Å². The Kier molecular flexibility index (Phi) is 9.68. The Morgan fingerprint density at radius 2 is 1.56 bits per heavy atom. The number of anilines is 1. The summed E-state index contributed by atoms with van der Waals surface area (Å²) in [5.74, 6) is -0.915. The van der Waals surface area contributed by atoms with Gasteiger partial charge in [-0.25, -0.2) is 12.8 Å². The summed E-state index contributed by atoms with van der Waals surface area (Å²) in [5.41, 5.74) is 2.61. The van der Waals surface area contributed by atoms with E-state index in [1.165, 1.54) is 42.3 Å². The Bertz CT molecular complexity index is 1770. The fraction of sp³-hybridized carbons (Fsp3) is 0.235.